The van der Waals surface area contributed by atoms with Crippen molar-refractivity contribution in [3.63, 3.8) is 0 Å². The molecule has 2 nitrogen and oxygen atoms in total. The van der Waals surface area contributed by atoms with Crippen molar-refractivity contribution in [3.05, 3.63) is 54.4 Å². The van der Waals surface area contributed by atoms with Crippen molar-refractivity contribution in [2.75, 3.05) is 0 Å². The molecule has 1 heterocycles. The lowest BCUT2D eigenvalue weighted by molar-refractivity contribution is 0.0800. The quantitative estimate of drug-likeness (QED) is 0.874. The van der Waals surface area contributed by atoms with Crippen LogP contribution in [0.25, 0.3) is 11.1 Å². The van der Waals surface area contributed by atoms with Gasteiger partial charge in [-0.1, -0.05) is 30.3 Å². The van der Waals surface area contributed by atoms with Gasteiger partial charge in [-0.2, -0.15) is 0 Å². The molecule has 0 atom stereocenters. The fourth-order valence-electron chi connectivity index (χ4n) is 1.83. The first-order valence-electron chi connectivity index (χ1n) is 5.77. The lowest BCUT2D eigenvalue weighted by Crippen LogP contribution is -2.22. The van der Waals surface area contributed by atoms with E-state index in [1.54, 1.807) is 20.0 Å². The molecule has 1 aromatic carbocycles. The Kier molecular flexibility index (Phi) is 3.25. The minimum Gasteiger partial charge on any atom is -0.390 e. The summed E-state index contributed by atoms with van der Waals surface area (Å²) < 4.78 is 0. The Labute approximate surface area is 102 Å². The summed E-state index contributed by atoms with van der Waals surface area (Å²) in [4.78, 5) is 4.29. The summed E-state index contributed by atoms with van der Waals surface area (Å²) in [5, 5.41) is 9.79. The Morgan fingerprint density at radius 3 is 2.41 bits per heavy atom. The second kappa shape index (κ2) is 4.68. The molecule has 0 radical (unpaired) electrons. The summed E-state index contributed by atoms with van der Waals surface area (Å²) in [6.07, 6.45) is 2.36. The summed E-state index contributed by atoms with van der Waals surface area (Å²) in [6.45, 7) is 3.59. The Hall–Kier alpha value is -1.67. The molecule has 0 aliphatic rings. The first kappa shape index (κ1) is 11.8. The molecule has 1 aromatic heterocycles. The van der Waals surface area contributed by atoms with Crippen LogP contribution in [-0.2, 0) is 6.42 Å². The van der Waals surface area contributed by atoms with Gasteiger partial charge in [-0.3, -0.25) is 4.98 Å². The molecule has 0 bridgehead atoms. The number of rotatable bonds is 3. The van der Waals surface area contributed by atoms with E-state index in [1.165, 1.54) is 5.56 Å². The average molecular weight is 227 g/mol. The van der Waals surface area contributed by atoms with E-state index < -0.39 is 5.60 Å². The smallest absolute Gasteiger partial charge is 0.0647 e. The van der Waals surface area contributed by atoms with Gasteiger partial charge < -0.3 is 5.11 Å². The molecule has 0 aliphatic heterocycles. The molecule has 0 saturated heterocycles. The highest BCUT2D eigenvalue weighted by Gasteiger charge is 2.14. The Morgan fingerprint density at radius 2 is 1.76 bits per heavy atom. The van der Waals surface area contributed by atoms with Crippen molar-refractivity contribution in [2.24, 2.45) is 0 Å². The Bertz CT molecular complexity index is 486. The van der Waals surface area contributed by atoms with Gasteiger partial charge in [-0.25, -0.2) is 0 Å². The highest BCUT2D eigenvalue weighted by molar-refractivity contribution is 5.63. The zero-order valence-electron chi connectivity index (χ0n) is 10.2. The molecular weight excluding hydrogens is 210 g/mol. The monoisotopic (exact) mass is 227 g/mol. The van der Waals surface area contributed by atoms with Gasteiger partial charge in [0.15, 0.2) is 0 Å². The second-order valence-corrected chi connectivity index (χ2v) is 4.89. The predicted octanol–water partition coefficient (Wildman–Crippen LogP) is 3.06. The van der Waals surface area contributed by atoms with E-state index in [4.69, 9.17) is 0 Å². The highest BCUT2D eigenvalue weighted by Crippen LogP contribution is 2.20. The summed E-state index contributed by atoms with van der Waals surface area (Å²) >= 11 is 0. The lowest BCUT2D eigenvalue weighted by Gasteiger charge is -2.16. The molecule has 2 heteroatoms. The van der Waals surface area contributed by atoms with Crippen LogP contribution in [0.1, 0.15) is 19.5 Å². The van der Waals surface area contributed by atoms with Crippen LogP contribution in [0, 0.1) is 0 Å². The number of aliphatic hydroxyl groups is 1. The zero-order chi connectivity index (χ0) is 12.3. The van der Waals surface area contributed by atoms with E-state index >= 15 is 0 Å². The molecule has 0 amide bonds. The van der Waals surface area contributed by atoms with Crippen LogP contribution >= 0.6 is 0 Å². The topological polar surface area (TPSA) is 33.1 Å². The molecular formula is C15H17NO. The van der Waals surface area contributed by atoms with Crippen molar-refractivity contribution in [1.82, 2.24) is 4.98 Å². The summed E-state index contributed by atoms with van der Waals surface area (Å²) in [7, 11) is 0. The molecule has 1 N–H and O–H groups in total. The minimum absolute atomic E-state index is 0.563. The largest absolute Gasteiger partial charge is 0.390 e. The van der Waals surface area contributed by atoms with Crippen LogP contribution in [0.2, 0.25) is 0 Å². The predicted molar refractivity (Wildman–Crippen MR) is 69.7 cm³/mol. The third-order valence-electron chi connectivity index (χ3n) is 2.54. The van der Waals surface area contributed by atoms with Gasteiger partial charge >= 0.3 is 0 Å². The van der Waals surface area contributed by atoms with Crippen molar-refractivity contribution in [3.8, 4) is 11.1 Å². The minimum atomic E-state index is -0.720. The molecule has 17 heavy (non-hydrogen) atoms. The van der Waals surface area contributed by atoms with Gasteiger partial charge in [0, 0.05) is 18.3 Å². The van der Waals surface area contributed by atoms with Crippen molar-refractivity contribution >= 4 is 0 Å². The fraction of sp³-hybridized carbons (Fsp3) is 0.267. The number of hydrogen-bond acceptors (Lipinski definition) is 2. The van der Waals surface area contributed by atoms with Crippen LogP contribution in [0.3, 0.4) is 0 Å². The van der Waals surface area contributed by atoms with Gasteiger partial charge in [0.05, 0.1) is 5.60 Å². The van der Waals surface area contributed by atoms with E-state index in [2.05, 4.69) is 17.1 Å². The Balaban J connectivity index is 2.29. The maximum atomic E-state index is 9.79. The third-order valence-corrected chi connectivity index (χ3v) is 2.54. The molecule has 0 spiro atoms. The van der Waals surface area contributed by atoms with Crippen LogP contribution in [0.4, 0.5) is 0 Å². The molecule has 0 unspecified atom stereocenters. The van der Waals surface area contributed by atoms with Crippen LogP contribution in [-0.4, -0.2) is 15.7 Å². The SMILES string of the molecule is CC(C)(O)Cc1cc(-c2ccccc2)ccn1. The summed E-state index contributed by atoms with van der Waals surface area (Å²) in [5.41, 5.74) is 2.51. The van der Waals surface area contributed by atoms with Crippen molar-refractivity contribution in [2.45, 2.75) is 25.9 Å². The van der Waals surface area contributed by atoms with E-state index in [1.807, 2.05) is 30.3 Å². The summed E-state index contributed by atoms with van der Waals surface area (Å²) in [5.74, 6) is 0. The van der Waals surface area contributed by atoms with Gasteiger partial charge in [0.1, 0.15) is 0 Å². The highest BCUT2D eigenvalue weighted by atomic mass is 16.3. The van der Waals surface area contributed by atoms with Gasteiger partial charge in [-0.05, 0) is 37.1 Å². The number of hydrogen-bond donors (Lipinski definition) is 1. The fourth-order valence-corrected chi connectivity index (χ4v) is 1.83. The first-order valence-corrected chi connectivity index (χ1v) is 5.77. The van der Waals surface area contributed by atoms with Crippen LogP contribution in [0.5, 0.6) is 0 Å². The van der Waals surface area contributed by atoms with Crippen molar-refractivity contribution in [1.29, 1.82) is 0 Å². The van der Waals surface area contributed by atoms with E-state index in [0.29, 0.717) is 6.42 Å². The molecule has 0 fully saturated rings. The molecule has 2 aromatic rings. The number of benzene rings is 1. The van der Waals surface area contributed by atoms with Gasteiger partial charge in [0.25, 0.3) is 0 Å². The third kappa shape index (κ3) is 3.40. The van der Waals surface area contributed by atoms with Crippen molar-refractivity contribution < 1.29 is 5.11 Å². The van der Waals surface area contributed by atoms with Gasteiger partial charge in [0.2, 0.25) is 0 Å². The lowest BCUT2D eigenvalue weighted by atomic mass is 10.00. The maximum Gasteiger partial charge on any atom is 0.0647 e. The zero-order valence-corrected chi connectivity index (χ0v) is 10.2. The Morgan fingerprint density at radius 1 is 1.06 bits per heavy atom. The number of pyridine rings is 1. The normalized spacial score (nSPS) is 11.5. The molecule has 0 aliphatic carbocycles. The maximum absolute atomic E-state index is 9.79. The van der Waals surface area contributed by atoms with Gasteiger partial charge in [-0.15, -0.1) is 0 Å². The average Bonchev–Trinajstić information content (AvgIpc) is 2.28. The van der Waals surface area contributed by atoms with E-state index in [-0.39, 0.29) is 0 Å². The first-order chi connectivity index (χ1) is 8.04. The summed E-state index contributed by atoms with van der Waals surface area (Å²) in [6, 6.07) is 14.2. The van der Waals surface area contributed by atoms with Crippen LogP contribution in [0.15, 0.2) is 48.7 Å². The molecule has 88 valence electrons. The van der Waals surface area contributed by atoms with E-state index in [0.717, 1.165) is 11.3 Å². The number of aromatic nitrogens is 1. The second-order valence-electron chi connectivity index (χ2n) is 4.89. The molecule has 2 rings (SSSR count). The number of nitrogens with zero attached hydrogens (tertiary/aromatic N) is 1. The standard InChI is InChI=1S/C15H17NO/c1-15(2,17)11-14-10-13(8-9-16-14)12-6-4-3-5-7-12/h3-10,17H,11H2,1-2H3. The molecule has 0 saturated carbocycles. The van der Waals surface area contributed by atoms with E-state index in [9.17, 15) is 5.11 Å². The van der Waals surface area contributed by atoms with Crippen LogP contribution < -0.4 is 0 Å².